The summed E-state index contributed by atoms with van der Waals surface area (Å²) in [5.41, 5.74) is 4.17. The van der Waals surface area contributed by atoms with Crippen LogP contribution in [0.2, 0.25) is 0 Å². The summed E-state index contributed by atoms with van der Waals surface area (Å²) in [5.74, 6) is 1.31. The second kappa shape index (κ2) is 9.19. The average Bonchev–Trinajstić information content (AvgIpc) is 3.22. The van der Waals surface area contributed by atoms with Crippen molar-refractivity contribution in [3.05, 3.63) is 65.5 Å². The molecule has 0 aliphatic carbocycles. The number of anilines is 1. The molecular formula is C23H29N5O2+2. The Balaban J connectivity index is 1.25. The molecular weight excluding hydrogens is 378 g/mol. The summed E-state index contributed by atoms with van der Waals surface area (Å²) in [6.45, 7) is 9.20. The normalized spacial score (nSPS) is 18.9. The van der Waals surface area contributed by atoms with Crippen LogP contribution in [0.3, 0.4) is 0 Å². The number of carbonyl (C=O) groups is 1. The van der Waals surface area contributed by atoms with E-state index in [0.29, 0.717) is 18.3 Å². The molecule has 1 aromatic heterocycles. The predicted octanol–water partition coefficient (Wildman–Crippen LogP) is 0.276. The number of hydrogen-bond donors (Lipinski definition) is 3. The Labute approximate surface area is 176 Å². The average molecular weight is 408 g/mol. The minimum absolute atomic E-state index is 0.0755. The van der Waals surface area contributed by atoms with E-state index in [9.17, 15) is 4.79 Å². The molecule has 0 spiro atoms. The van der Waals surface area contributed by atoms with Crippen molar-refractivity contribution in [1.82, 2.24) is 10.2 Å². The Morgan fingerprint density at radius 2 is 1.70 bits per heavy atom. The van der Waals surface area contributed by atoms with Gasteiger partial charge in [0.1, 0.15) is 26.2 Å². The van der Waals surface area contributed by atoms with Crippen molar-refractivity contribution >= 4 is 11.6 Å². The number of piperazine rings is 1. The number of aryl methyl sites for hydroxylation is 1. The number of amides is 1. The fourth-order valence-electron chi connectivity index (χ4n) is 3.85. The summed E-state index contributed by atoms with van der Waals surface area (Å²) in [6, 6.07) is 15.8. The zero-order chi connectivity index (χ0) is 20.9. The zero-order valence-electron chi connectivity index (χ0n) is 17.6. The molecule has 156 valence electrons. The molecule has 0 radical (unpaired) electrons. The first kappa shape index (κ1) is 20.3. The number of aromatic nitrogens is 2. The maximum absolute atomic E-state index is 12.5. The molecule has 1 amide bonds. The maximum atomic E-state index is 12.5. The van der Waals surface area contributed by atoms with E-state index in [2.05, 4.69) is 28.5 Å². The summed E-state index contributed by atoms with van der Waals surface area (Å²) < 4.78 is 5.84. The number of rotatable bonds is 6. The van der Waals surface area contributed by atoms with E-state index in [1.807, 2.05) is 49.4 Å². The number of carbonyl (C=O) groups excluding carboxylic acids is 1. The number of hydrogen-bond acceptors (Lipinski definition) is 4. The maximum Gasteiger partial charge on any atom is 0.279 e. The highest BCUT2D eigenvalue weighted by Gasteiger charge is 2.26. The SMILES string of the molecule is Cc1cccc(NC(=O)C[NH+]2CC[NH+](Cc3nnc(-c4ccccc4)o3)CC2)c1C. The quantitative estimate of drug-likeness (QED) is 0.549. The Kier molecular flexibility index (Phi) is 6.21. The van der Waals surface area contributed by atoms with Crippen LogP contribution in [0.15, 0.2) is 52.9 Å². The smallest absolute Gasteiger partial charge is 0.279 e. The van der Waals surface area contributed by atoms with Crippen LogP contribution in [0.4, 0.5) is 5.69 Å². The van der Waals surface area contributed by atoms with E-state index in [1.165, 1.54) is 15.4 Å². The lowest BCUT2D eigenvalue weighted by Gasteiger charge is -2.28. The van der Waals surface area contributed by atoms with Gasteiger partial charge in [-0.1, -0.05) is 30.3 Å². The van der Waals surface area contributed by atoms with Crippen molar-refractivity contribution in [2.24, 2.45) is 0 Å². The van der Waals surface area contributed by atoms with E-state index in [-0.39, 0.29) is 5.91 Å². The molecule has 2 aromatic carbocycles. The number of nitrogens with zero attached hydrogens (tertiary/aromatic N) is 2. The first-order valence-corrected chi connectivity index (χ1v) is 10.5. The molecule has 30 heavy (non-hydrogen) atoms. The van der Waals surface area contributed by atoms with Gasteiger partial charge in [0.2, 0.25) is 5.89 Å². The second-order valence-corrected chi connectivity index (χ2v) is 8.02. The van der Waals surface area contributed by atoms with Gasteiger partial charge < -0.3 is 19.5 Å². The second-order valence-electron chi connectivity index (χ2n) is 8.02. The molecule has 0 bridgehead atoms. The zero-order valence-corrected chi connectivity index (χ0v) is 17.6. The molecule has 3 N–H and O–H groups in total. The van der Waals surface area contributed by atoms with Crippen molar-refractivity contribution in [3.63, 3.8) is 0 Å². The van der Waals surface area contributed by atoms with Gasteiger partial charge in [0.25, 0.3) is 11.8 Å². The largest absolute Gasteiger partial charge is 0.415 e. The Hall–Kier alpha value is -3.03. The molecule has 3 aromatic rings. The van der Waals surface area contributed by atoms with E-state index in [4.69, 9.17) is 4.42 Å². The lowest BCUT2D eigenvalue weighted by molar-refractivity contribution is -1.02. The van der Waals surface area contributed by atoms with Gasteiger partial charge in [0.05, 0.1) is 0 Å². The lowest BCUT2D eigenvalue weighted by Crippen LogP contribution is -3.28. The molecule has 1 aliphatic heterocycles. The van der Waals surface area contributed by atoms with Crippen molar-refractivity contribution in [2.45, 2.75) is 20.4 Å². The van der Waals surface area contributed by atoms with Crippen LogP contribution in [-0.2, 0) is 11.3 Å². The molecule has 1 fully saturated rings. The standard InChI is InChI=1S/C23H27N5O2/c1-17-7-6-10-20(18(17)2)24-21(29)15-27-11-13-28(14-12-27)16-22-25-26-23(30-22)19-8-4-3-5-9-19/h3-10H,11-16H2,1-2H3,(H,24,29)/p+2. The van der Waals surface area contributed by atoms with Crippen LogP contribution in [0, 0.1) is 13.8 Å². The number of benzene rings is 2. The lowest BCUT2D eigenvalue weighted by atomic mass is 10.1. The minimum atomic E-state index is 0.0755. The first-order chi connectivity index (χ1) is 14.6. The van der Waals surface area contributed by atoms with Crippen LogP contribution < -0.4 is 15.1 Å². The summed E-state index contributed by atoms with van der Waals surface area (Å²) >= 11 is 0. The van der Waals surface area contributed by atoms with Crippen LogP contribution in [0.1, 0.15) is 17.0 Å². The van der Waals surface area contributed by atoms with E-state index in [0.717, 1.165) is 49.5 Å². The van der Waals surface area contributed by atoms with Crippen molar-refractivity contribution in [1.29, 1.82) is 0 Å². The fraction of sp³-hybridized carbons (Fsp3) is 0.348. The van der Waals surface area contributed by atoms with Gasteiger partial charge in [-0.25, -0.2) is 0 Å². The van der Waals surface area contributed by atoms with Crippen LogP contribution in [0.25, 0.3) is 11.5 Å². The van der Waals surface area contributed by atoms with Gasteiger partial charge in [-0.05, 0) is 43.2 Å². The van der Waals surface area contributed by atoms with Crippen molar-refractivity contribution < 1.29 is 19.0 Å². The molecule has 0 unspecified atom stereocenters. The Bertz CT molecular complexity index is 994. The summed E-state index contributed by atoms with van der Waals surface area (Å²) in [7, 11) is 0. The topological polar surface area (TPSA) is 76.9 Å². The molecule has 0 atom stereocenters. The molecule has 2 heterocycles. The van der Waals surface area contributed by atoms with E-state index < -0.39 is 0 Å². The summed E-state index contributed by atoms with van der Waals surface area (Å²) in [4.78, 5) is 15.2. The third-order valence-corrected chi connectivity index (χ3v) is 5.84. The fourth-order valence-corrected chi connectivity index (χ4v) is 3.85. The monoisotopic (exact) mass is 407 g/mol. The van der Waals surface area contributed by atoms with Gasteiger partial charge in [0, 0.05) is 11.3 Å². The van der Waals surface area contributed by atoms with Crippen LogP contribution in [-0.4, -0.2) is 48.8 Å². The van der Waals surface area contributed by atoms with Gasteiger partial charge in [-0.2, -0.15) is 0 Å². The van der Waals surface area contributed by atoms with Gasteiger partial charge in [-0.15, -0.1) is 10.2 Å². The molecule has 7 heteroatoms. The van der Waals surface area contributed by atoms with Crippen LogP contribution >= 0.6 is 0 Å². The van der Waals surface area contributed by atoms with Gasteiger partial charge in [-0.3, -0.25) is 4.79 Å². The molecule has 1 saturated heterocycles. The molecule has 7 nitrogen and oxygen atoms in total. The highest BCUT2D eigenvalue weighted by atomic mass is 16.4. The van der Waals surface area contributed by atoms with E-state index in [1.54, 1.807) is 0 Å². The summed E-state index contributed by atoms with van der Waals surface area (Å²) in [5, 5.41) is 11.4. The van der Waals surface area contributed by atoms with Gasteiger partial charge in [0.15, 0.2) is 13.1 Å². The van der Waals surface area contributed by atoms with Crippen LogP contribution in [0.5, 0.6) is 0 Å². The molecule has 0 saturated carbocycles. The molecule has 1 aliphatic rings. The Morgan fingerprint density at radius 3 is 2.47 bits per heavy atom. The first-order valence-electron chi connectivity index (χ1n) is 10.5. The summed E-state index contributed by atoms with van der Waals surface area (Å²) in [6.07, 6.45) is 0. The number of nitrogens with one attached hydrogen (secondary N) is 3. The minimum Gasteiger partial charge on any atom is -0.415 e. The highest BCUT2D eigenvalue weighted by Crippen LogP contribution is 2.18. The predicted molar refractivity (Wildman–Crippen MR) is 114 cm³/mol. The molecule has 4 rings (SSSR count). The highest BCUT2D eigenvalue weighted by molar-refractivity contribution is 5.92. The van der Waals surface area contributed by atoms with Crippen molar-refractivity contribution in [3.8, 4) is 11.5 Å². The van der Waals surface area contributed by atoms with Gasteiger partial charge >= 0.3 is 0 Å². The van der Waals surface area contributed by atoms with Crippen molar-refractivity contribution in [2.75, 3.05) is 38.0 Å². The third kappa shape index (κ3) is 4.93. The Morgan fingerprint density at radius 1 is 0.967 bits per heavy atom. The number of quaternary nitrogens is 2. The van der Waals surface area contributed by atoms with E-state index >= 15 is 0 Å². The third-order valence-electron chi connectivity index (χ3n) is 5.84.